The quantitative estimate of drug-likeness (QED) is 0.301. The molecule has 0 spiro atoms. The largest absolute Gasteiger partial charge is 0.378 e. The number of fused-ring (bicyclic) bond motifs is 3. The highest BCUT2D eigenvalue weighted by atomic mass is 16.5. The van der Waals surface area contributed by atoms with Crippen LogP contribution in [0.1, 0.15) is 30.7 Å². The van der Waals surface area contributed by atoms with Crippen molar-refractivity contribution in [1.29, 1.82) is 0 Å². The molecule has 3 aliphatic rings. The van der Waals surface area contributed by atoms with Crippen LogP contribution in [0, 0.1) is 12.3 Å². The zero-order chi connectivity index (χ0) is 32.4. The molecule has 0 saturated carbocycles. The smallest absolute Gasteiger partial charge is 0.280 e. The fourth-order valence-electron chi connectivity index (χ4n) is 7.42. The predicted molar refractivity (Wildman–Crippen MR) is 183 cm³/mol. The fraction of sp³-hybridized carbons (Fsp3) is 0.389. The summed E-state index contributed by atoms with van der Waals surface area (Å²) in [6.07, 6.45) is 11.1. The van der Waals surface area contributed by atoms with Crippen LogP contribution in [-0.2, 0) is 24.6 Å². The van der Waals surface area contributed by atoms with Crippen molar-refractivity contribution in [2.24, 2.45) is 12.5 Å². The van der Waals surface area contributed by atoms with Crippen molar-refractivity contribution in [1.82, 2.24) is 28.4 Å². The van der Waals surface area contributed by atoms with Crippen LogP contribution in [-0.4, -0.2) is 73.8 Å². The Labute approximate surface area is 273 Å². The molecule has 47 heavy (non-hydrogen) atoms. The lowest BCUT2D eigenvalue weighted by Gasteiger charge is -2.43. The van der Waals surface area contributed by atoms with Gasteiger partial charge in [0, 0.05) is 74.8 Å². The van der Waals surface area contributed by atoms with E-state index in [1.54, 1.807) is 22.4 Å². The lowest BCUT2D eigenvalue weighted by Crippen LogP contribution is -2.56. The fourth-order valence-corrected chi connectivity index (χ4v) is 7.42. The molecule has 0 bridgehead atoms. The molecule has 5 aromatic rings. The van der Waals surface area contributed by atoms with E-state index in [2.05, 4.69) is 45.0 Å². The number of pyridine rings is 3. The molecule has 2 aliphatic heterocycles. The molecule has 242 valence electrons. The monoisotopic (exact) mass is 632 g/mol. The topological polar surface area (TPSA) is 102 Å². The number of aryl methyl sites for hydroxylation is 1. The number of ether oxygens (including phenoxy) is 1. The van der Waals surface area contributed by atoms with Crippen LogP contribution < -0.4 is 21.3 Å². The van der Waals surface area contributed by atoms with Gasteiger partial charge in [-0.25, -0.2) is 9.97 Å². The van der Waals surface area contributed by atoms with E-state index in [-0.39, 0.29) is 16.5 Å². The number of hydrogen-bond donors (Lipinski definition) is 1. The predicted octanol–water partition coefficient (Wildman–Crippen LogP) is 3.94. The van der Waals surface area contributed by atoms with Gasteiger partial charge in [0.05, 0.1) is 31.1 Å². The highest BCUT2D eigenvalue weighted by Gasteiger charge is 2.32. The minimum absolute atomic E-state index is 0.0976. The zero-order valence-electron chi connectivity index (χ0n) is 27.4. The molecule has 2 fully saturated rings. The maximum atomic E-state index is 13.8. The van der Waals surface area contributed by atoms with Crippen LogP contribution in [0.3, 0.4) is 0 Å². The second-order valence-corrected chi connectivity index (χ2v) is 14.0. The number of nitrogens with zero attached hydrogens (tertiary/aromatic N) is 7. The molecule has 8 rings (SSSR count). The summed E-state index contributed by atoms with van der Waals surface area (Å²) in [6.45, 7) is 12.1. The summed E-state index contributed by atoms with van der Waals surface area (Å²) in [6, 6.07) is 10.3. The van der Waals surface area contributed by atoms with Crippen molar-refractivity contribution in [3.8, 4) is 16.9 Å². The Bertz CT molecular complexity index is 2120. The van der Waals surface area contributed by atoms with Gasteiger partial charge in [0.2, 0.25) is 0 Å². The second-order valence-electron chi connectivity index (χ2n) is 14.0. The molecule has 5 aromatic heterocycles. The number of piperazine rings is 1. The molecule has 11 heteroatoms. The molecule has 11 nitrogen and oxygen atoms in total. The Morgan fingerprint density at radius 3 is 2.49 bits per heavy atom. The van der Waals surface area contributed by atoms with Gasteiger partial charge < -0.3 is 23.9 Å². The first-order valence-corrected chi connectivity index (χ1v) is 16.4. The highest BCUT2D eigenvalue weighted by Crippen LogP contribution is 2.37. The van der Waals surface area contributed by atoms with Crippen LogP contribution in [0.15, 0.2) is 70.9 Å². The van der Waals surface area contributed by atoms with E-state index in [4.69, 9.17) is 4.74 Å². The molecule has 0 unspecified atom stereocenters. The summed E-state index contributed by atoms with van der Waals surface area (Å²) >= 11 is 0. The summed E-state index contributed by atoms with van der Waals surface area (Å²) in [7, 11) is 1.74. The number of rotatable bonds is 6. The Hall–Kier alpha value is -4.74. The van der Waals surface area contributed by atoms with Gasteiger partial charge in [-0.15, -0.1) is 0 Å². The van der Waals surface area contributed by atoms with E-state index in [1.165, 1.54) is 11.3 Å². The van der Waals surface area contributed by atoms with Crippen LogP contribution >= 0.6 is 0 Å². The third-order valence-electron chi connectivity index (χ3n) is 10.1. The first kappa shape index (κ1) is 29.6. The van der Waals surface area contributed by atoms with Crippen molar-refractivity contribution in [3.05, 3.63) is 98.8 Å². The van der Waals surface area contributed by atoms with Gasteiger partial charge in [-0.3, -0.25) is 19.1 Å². The molecule has 2 saturated heterocycles. The Morgan fingerprint density at radius 2 is 1.77 bits per heavy atom. The van der Waals surface area contributed by atoms with Gasteiger partial charge in [0.1, 0.15) is 22.8 Å². The van der Waals surface area contributed by atoms with Crippen molar-refractivity contribution < 1.29 is 4.74 Å². The normalized spacial score (nSPS) is 18.0. The first-order chi connectivity index (χ1) is 22.6. The van der Waals surface area contributed by atoms with Crippen molar-refractivity contribution in [2.75, 3.05) is 49.6 Å². The summed E-state index contributed by atoms with van der Waals surface area (Å²) in [4.78, 5) is 41.1. The third-order valence-corrected chi connectivity index (χ3v) is 10.1. The Morgan fingerprint density at radius 1 is 0.957 bits per heavy atom. The van der Waals surface area contributed by atoms with Gasteiger partial charge >= 0.3 is 0 Å². The number of aromatic nitrogens is 5. The van der Waals surface area contributed by atoms with E-state index in [0.717, 1.165) is 74.6 Å². The third kappa shape index (κ3) is 5.23. The van der Waals surface area contributed by atoms with Gasteiger partial charge in [0.25, 0.3) is 11.1 Å². The maximum Gasteiger partial charge on any atom is 0.280 e. The van der Waals surface area contributed by atoms with Crippen molar-refractivity contribution in [3.63, 3.8) is 0 Å². The number of hydrogen-bond acceptors (Lipinski definition) is 8. The van der Waals surface area contributed by atoms with E-state index >= 15 is 0 Å². The van der Waals surface area contributed by atoms with E-state index in [1.807, 2.05) is 60.4 Å². The first-order valence-electron chi connectivity index (χ1n) is 16.4. The molecule has 0 aromatic carbocycles. The SMILES string of the molecule is Cc1c(-c2cc(Nc3ccc(N4CCN(C5COC5)CC4)cn3)c(=O)n(C)c2)ccnc1-n1ccn2c3c(cc2c1=O)CC(C)(C)C3. The minimum Gasteiger partial charge on any atom is -0.378 e. The van der Waals surface area contributed by atoms with Gasteiger partial charge in [0.15, 0.2) is 0 Å². The molecular formula is C36H40N8O3. The number of anilines is 3. The average Bonchev–Trinajstić information content (AvgIpc) is 3.52. The van der Waals surface area contributed by atoms with Gasteiger partial charge in [-0.1, -0.05) is 13.8 Å². The summed E-state index contributed by atoms with van der Waals surface area (Å²) in [5.41, 5.74) is 7.14. The van der Waals surface area contributed by atoms with Crippen molar-refractivity contribution >= 4 is 22.7 Å². The standard InChI is InChI=1S/C36H40N8O3/c1-23-28(7-8-37-33(23)44-14-13-43-30(35(44)46)16-24-17-36(2,3)18-31(24)43)25-15-29(34(45)40(4)20-25)39-32-6-5-26(19-38-32)41-9-11-42(12-10-41)27-21-47-22-27/h5-8,13-16,19-20,27H,9-12,17-18,21-22H2,1-4H3,(H,38,39). The molecule has 1 aliphatic carbocycles. The summed E-state index contributed by atoms with van der Waals surface area (Å²) in [5.74, 6) is 1.17. The van der Waals surface area contributed by atoms with Crippen molar-refractivity contribution in [2.45, 2.75) is 39.7 Å². The lowest BCUT2D eigenvalue weighted by molar-refractivity contribution is -0.0660. The van der Waals surface area contributed by atoms with Crippen LogP contribution in [0.2, 0.25) is 0 Å². The van der Waals surface area contributed by atoms with Gasteiger partial charge in [-0.05, 0) is 66.6 Å². The molecule has 0 amide bonds. The van der Waals surface area contributed by atoms with Crippen LogP contribution in [0.4, 0.5) is 17.2 Å². The highest BCUT2D eigenvalue weighted by molar-refractivity contribution is 5.73. The Balaban J connectivity index is 1.05. The molecule has 1 N–H and O–H groups in total. The van der Waals surface area contributed by atoms with Crippen LogP contribution in [0.25, 0.3) is 22.5 Å². The maximum absolute atomic E-state index is 13.8. The van der Waals surface area contributed by atoms with E-state index < -0.39 is 0 Å². The van der Waals surface area contributed by atoms with Crippen LogP contribution in [0.5, 0.6) is 0 Å². The molecule has 0 atom stereocenters. The zero-order valence-corrected chi connectivity index (χ0v) is 27.4. The summed E-state index contributed by atoms with van der Waals surface area (Å²) in [5, 5.41) is 3.25. The van der Waals surface area contributed by atoms with Gasteiger partial charge in [-0.2, -0.15) is 0 Å². The second kappa shape index (κ2) is 11.2. The minimum atomic E-state index is -0.159. The van der Waals surface area contributed by atoms with E-state index in [9.17, 15) is 9.59 Å². The molecule has 7 heterocycles. The molecule has 0 radical (unpaired) electrons. The Kier molecular flexibility index (Phi) is 7.07. The number of nitrogens with one attached hydrogen (secondary N) is 1. The average molecular weight is 633 g/mol. The molecular weight excluding hydrogens is 592 g/mol. The lowest BCUT2D eigenvalue weighted by atomic mass is 9.90. The summed E-state index contributed by atoms with van der Waals surface area (Å²) < 4.78 is 10.6. The van der Waals surface area contributed by atoms with E-state index in [0.29, 0.717) is 28.9 Å².